The van der Waals surface area contributed by atoms with Gasteiger partial charge in [0.25, 0.3) is 5.91 Å². The number of aromatic nitrogens is 1. The molecule has 25 heavy (non-hydrogen) atoms. The van der Waals surface area contributed by atoms with Crippen molar-refractivity contribution in [1.29, 1.82) is 0 Å². The van der Waals surface area contributed by atoms with E-state index in [0.717, 1.165) is 21.8 Å². The van der Waals surface area contributed by atoms with Crippen molar-refractivity contribution in [3.05, 3.63) is 45.9 Å². The van der Waals surface area contributed by atoms with Crippen LogP contribution < -0.4 is 5.73 Å². The van der Waals surface area contributed by atoms with Crippen LogP contribution in [0.5, 0.6) is 0 Å². The van der Waals surface area contributed by atoms with Gasteiger partial charge in [-0.2, -0.15) is 0 Å². The van der Waals surface area contributed by atoms with E-state index in [4.69, 9.17) is 10.5 Å². The van der Waals surface area contributed by atoms with Crippen molar-refractivity contribution in [1.82, 2.24) is 9.88 Å². The second kappa shape index (κ2) is 6.16. The number of carbonyl (C=O) groups is 2. The highest BCUT2D eigenvalue weighted by atomic mass is 79.9. The first kappa shape index (κ1) is 16.1. The van der Waals surface area contributed by atoms with Gasteiger partial charge in [-0.25, -0.2) is 0 Å². The summed E-state index contributed by atoms with van der Waals surface area (Å²) in [5, 5.41) is 1.82. The normalized spacial score (nSPS) is 15.0. The van der Waals surface area contributed by atoms with Crippen molar-refractivity contribution in [2.45, 2.75) is 0 Å². The summed E-state index contributed by atoms with van der Waals surface area (Å²) in [6, 6.07) is 9.07. The third-order valence-corrected chi connectivity index (χ3v) is 5.33. The number of H-pyrrole nitrogens is 1. The van der Waals surface area contributed by atoms with E-state index in [1.54, 1.807) is 11.0 Å². The summed E-state index contributed by atoms with van der Waals surface area (Å²) in [5.41, 5.74) is 8.21. The Kier molecular flexibility index (Phi) is 3.97. The number of ether oxygens (including phenoxy) is 1. The zero-order valence-electron chi connectivity index (χ0n) is 13.3. The molecule has 0 bridgehead atoms. The van der Waals surface area contributed by atoms with Crippen molar-refractivity contribution < 1.29 is 14.3 Å². The van der Waals surface area contributed by atoms with Crippen LogP contribution in [0.15, 0.2) is 34.8 Å². The number of hydrogen-bond acceptors (Lipinski definition) is 3. The zero-order chi connectivity index (χ0) is 17.6. The van der Waals surface area contributed by atoms with Gasteiger partial charge in [-0.3, -0.25) is 9.59 Å². The molecule has 128 valence electrons. The number of hydrogen-bond donors (Lipinski definition) is 2. The molecule has 0 spiro atoms. The number of aromatic amines is 1. The molecule has 7 heteroatoms. The number of fused-ring (bicyclic) bond motifs is 3. The maximum atomic E-state index is 12.7. The molecule has 6 nitrogen and oxygen atoms in total. The van der Waals surface area contributed by atoms with E-state index < -0.39 is 5.91 Å². The fourth-order valence-corrected chi connectivity index (χ4v) is 3.98. The highest BCUT2D eigenvalue weighted by Gasteiger charge is 2.20. The van der Waals surface area contributed by atoms with E-state index in [2.05, 4.69) is 20.9 Å². The van der Waals surface area contributed by atoms with Gasteiger partial charge in [0.15, 0.2) is 0 Å². The molecule has 0 unspecified atom stereocenters. The quantitative estimate of drug-likeness (QED) is 0.691. The Morgan fingerprint density at radius 1 is 1.12 bits per heavy atom. The Bertz CT molecular complexity index is 1010. The van der Waals surface area contributed by atoms with Crippen molar-refractivity contribution in [3.63, 3.8) is 0 Å². The first-order chi connectivity index (χ1) is 12.1. The maximum Gasteiger partial charge on any atom is 0.254 e. The van der Waals surface area contributed by atoms with Gasteiger partial charge in [0.1, 0.15) is 0 Å². The van der Waals surface area contributed by atoms with Crippen LogP contribution in [-0.2, 0) is 4.74 Å². The van der Waals surface area contributed by atoms with E-state index >= 15 is 0 Å². The van der Waals surface area contributed by atoms with Crippen LogP contribution in [0.2, 0.25) is 0 Å². The molecule has 2 amide bonds. The van der Waals surface area contributed by atoms with E-state index in [0.29, 0.717) is 41.9 Å². The molecular formula is C18H16BrN3O3. The smallest absolute Gasteiger partial charge is 0.254 e. The van der Waals surface area contributed by atoms with Gasteiger partial charge in [0.05, 0.1) is 18.8 Å². The lowest BCUT2D eigenvalue weighted by molar-refractivity contribution is 0.0303. The number of halogens is 1. The molecule has 4 rings (SSSR count). The van der Waals surface area contributed by atoms with Gasteiger partial charge in [0, 0.05) is 44.9 Å². The number of primary amides is 1. The summed E-state index contributed by atoms with van der Waals surface area (Å²) in [6.07, 6.45) is 0. The largest absolute Gasteiger partial charge is 0.378 e. The standard InChI is InChI=1S/C18H16BrN3O3/c19-16-12(17(20)23)3-4-13-15(16)11-2-1-10(9-14(11)21-13)18(24)22-5-7-25-8-6-22/h1-4,9,21H,5-8H2,(H2,20,23). The molecule has 1 saturated heterocycles. The molecular weight excluding hydrogens is 386 g/mol. The molecule has 3 aromatic rings. The molecule has 2 heterocycles. The van der Waals surface area contributed by atoms with Crippen LogP contribution in [0.25, 0.3) is 21.8 Å². The lowest BCUT2D eigenvalue weighted by atomic mass is 10.1. The average molecular weight is 402 g/mol. The number of amides is 2. The van der Waals surface area contributed by atoms with Crippen molar-refractivity contribution in [2.75, 3.05) is 26.3 Å². The Hall–Kier alpha value is -2.38. The highest BCUT2D eigenvalue weighted by Crippen LogP contribution is 2.34. The van der Waals surface area contributed by atoms with Crippen LogP contribution in [0, 0.1) is 0 Å². The van der Waals surface area contributed by atoms with Crippen molar-refractivity contribution in [3.8, 4) is 0 Å². The molecule has 0 atom stereocenters. The summed E-state index contributed by atoms with van der Waals surface area (Å²) in [5.74, 6) is -0.483. The van der Waals surface area contributed by atoms with Gasteiger partial charge in [0.2, 0.25) is 5.91 Å². The van der Waals surface area contributed by atoms with Gasteiger partial charge >= 0.3 is 0 Å². The summed E-state index contributed by atoms with van der Waals surface area (Å²) in [6.45, 7) is 2.36. The monoisotopic (exact) mass is 401 g/mol. The van der Waals surface area contributed by atoms with E-state index in [9.17, 15) is 9.59 Å². The lowest BCUT2D eigenvalue weighted by Crippen LogP contribution is -2.40. The van der Waals surface area contributed by atoms with Gasteiger partial charge in [-0.15, -0.1) is 0 Å². The fraction of sp³-hybridized carbons (Fsp3) is 0.222. The Labute approximate surface area is 152 Å². The summed E-state index contributed by atoms with van der Waals surface area (Å²) < 4.78 is 5.96. The summed E-state index contributed by atoms with van der Waals surface area (Å²) in [4.78, 5) is 29.3. The second-order valence-electron chi connectivity index (χ2n) is 6.00. The number of rotatable bonds is 2. The maximum absolute atomic E-state index is 12.7. The first-order valence-electron chi connectivity index (χ1n) is 7.97. The van der Waals surface area contributed by atoms with Gasteiger partial charge < -0.3 is 20.4 Å². The SMILES string of the molecule is NC(=O)c1ccc2[nH]c3cc(C(=O)N4CCOCC4)ccc3c2c1Br. The van der Waals surface area contributed by atoms with Gasteiger partial charge in [-0.1, -0.05) is 6.07 Å². The number of carbonyl (C=O) groups excluding carboxylic acids is 2. The number of nitrogens with zero attached hydrogens (tertiary/aromatic N) is 1. The lowest BCUT2D eigenvalue weighted by Gasteiger charge is -2.26. The summed E-state index contributed by atoms with van der Waals surface area (Å²) in [7, 11) is 0. The molecule has 0 saturated carbocycles. The molecule has 1 aliphatic heterocycles. The minimum Gasteiger partial charge on any atom is -0.378 e. The van der Waals surface area contributed by atoms with Crippen LogP contribution in [0.3, 0.4) is 0 Å². The fourth-order valence-electron chi connectivity index (χ4n) is 3.23. The Balaban J connectivity index is 1.81. The predicted octanol–water partition coefficient (Wildman–Crippen LogP) is 2.65. The minimum atomic E-state index is -0.484. The second-order valence-corrected chi connectivity index (χ2v) is 6.80. The van der Waals surface area contributed by atoms with E-state index in [-0.39, 0.29) is 5.91 Å². The van der Waals surface area contributed by atoms with Crippen LogP contribution >= 0.6 is 15.9 Å². The highest BCUT2D eigenvalue weighted by molar-refractivity contribution is 9.10. The Morgan fingerprint density at radius 3 is 2.60 bits per heavy atom. The minimum absolute atomic E-state index is 0.000691. The number of morpholine rings is 1. The third-order valence-electron chi connectivity index (χ3n) is 4.51. The number of benzene rings is 2. The third kappa shape index (κ3) is 2.69. The molecule has 1 aromatic heterocycles. The zero-order valence-corrected chi connectivity index (χ0v) is 14.9. The topological polar surface area (TPSA) is 88.4 Å². The summed E-state index contributed by atoms with van der Waals surface area (Å²) >= 11 is 3.48. The molecule has 3 N–H and O–H groups in total. The average Bonchev–Trinajstić information content (AvgIpc) is 3.00. The van der Waals surface area contributed by atoms with Gasteiger partial charge in [-0.05, 0) is 40.2 Å². The molecule has 0 radical (unpaired) electrons. The number of nitrogens with two attached hydrogens (primary N) is 1. The molecule has 0 aliphatic carbocycles. The van der Waals surface area contributed by atoms with Crippen molar-refractivity contribution >= 4 is 49.6 Å². The van der Waals surface area contributed by atoms with Crippen LogP contribution in [-0.4, -0.2) is 48.0 Å². The van der Waals surface area contributed by atoms with Crippen LogP contribution in [0.1, 0.15) is 20.7 Å². The van der Waals surface area contributed by atoms with E-state index in [1.165, 1.54) is 0 Å². The van der Waals surface area contributed by atoms with Crippen LogP contribution in [0.4, 0.5) is 0 Å². The van der Waals surface area contributed by atoms with E-state index in [1.807, 2.05) is 24.3 Å². The predicted molar refractivity (Wildman–Crippen MR) is 98.7 cm³/mol. The molecule has 1 fully saturated rings. The molecule has 2 aromatic carbocycles. The number of nitrogens with one attached hydrogen (secondary N) is 1. The Morgan fingerprint density at radius 2 is 1.88 bits per heavy atom. The van der Waals surface area contributed by atoms with Crippen molar-refractivity contribution in [2.24, 2.45) is 5.73 Å². The molecule has 1 aliphatic rings. The first-order valence-corrected chi connectivity index (χ1v) is 8.76.